The number of methoxy groups -OCH3 is 1. The lowest BCUT2D eigenvalue weighted by atomic mass is 10.2. The first-order chi connectivity index (χ1) is 15.5. The van der Waals surface area contributed by atoms with Gasteiger partial charge in [0.2, 0.25) is 0 Å². The zero-order valence-electron chi connectivity index (χ0n) is 16.8. The third kappa shape index (κ3) is 6.29. The Labute approximate surface area is 191 Å². The summed E-state index contributed by atoms with van der Waals surface area (Å²) in [6.45, 7) is -0.273. The lowest BCUT2D eigenvalue weighted by Gasteiger charge is -2.10. The molecule has 1 aromatic heterocycles. The highest BCUT2D eigenvalue weighted by atomic mass is 79.9. The molecule has 0 bridgehead atoms. The van der Waals surface area contributed by atoms with Gasteiger partial charge >= 0.3 is 5.97 Å². The van der Waals surface area contributed by atoms with Crippen LogP contribution in [0.3, 0.4) is 0 Å². The van der Waals surface area contributed by atoms with Gasteiger partial charge in [-0.25, -0.2) is 10.2 Å². The molecule has 10 heteroatoms. The summed E-state index contributed by atoms with van der Waals surface area (Å²) >= 11 is 3.31. The zero-order chi connectivity index (χ0) is 22.9. The van der Waals surface area contributed by atoms with Gasteiger partial charge in [0.15, 0.2) is 17.3 Å². The number of hydrazone groups is 1. The van der Waals surface area contributed by atoms with Crippen LogP contribution in [0.2, 0.25) is 0 Å². The summed E-state index contributed by atoms with van der Waals surface area (Å²) in [4.78, 5) is 35.9. The Hall–Kier alpha value is -3.92. The molecular formula is C22H18BrN3O6. The van der Waals surface area contributed by atoms with Crippen molar-refractivity contribution in [2.75, 3.05) is 13.7 Å². The van der Waals surface area contributed by atoms with Crippen LogP contribution in [0.1, 0.15) is 26.5 Å². The first kappa shape index (κ1) is 22.8. The van der Waals surface area contributed by atoms with Crippen molar-refractivity contribution in [3.05, 3.63) is 82.2 Å². The van der Waals surface area contributed by atoms with Crippen molar-refractivity contribution in [1.29, 1.82) is 0 Å². The first-order valence-corrected chi connectivity index (χ1v) is 10.0. The van der Waals surface area contributed by atoms with E-state index < -0.39 is 17.8 Å². The molecule has 0 fully saturated rings. The van der Waals surface area contributed by atoms with Crippen LogP contribution in [-0.4, -0.2) is 37.7 Å². The molecule has 2 aromatic carbocycles. The number of nitrogens with zero attached hydrogens (tertiary/aromatic N) is 1. The van der Waals surface area contributed by atoms with Crippen LogP contribution in [0.15, 0.2) is 74.9 Å². The van der Waals surface area contributed by atoms with Crippen LogP contribution in [0.25, 0.3) is 0 Å². The predicted octanol–water partition coefficient (Wildman–Crippen LogP) is 3.15. The maximum atomic E-state index is 12.3. The van der Waals surface area contributed by atoms with E-state index in [1.54, 1.807) is 48.5 Å². The molecule has 32 heavy (non-hydrogen) atoms. The Bertz CT molecular complexity index is 1140. The molecule has 3 aromatic rings. The van der Waals surface area contributed by atoms with Crippen molar-refractivity contribution in [3.8, 4) is 11.5 Å². The van der Waals surface area contributed by atoms with E-state index in [1.165, 1.54) is 25.7 Å². The fourth-order valence-corrected chi connectivity index (χ4v) is 2.90. The number of halogens is 1. The summed E-state index contributed by atoms with van der Waals surface area (Å²) in [6.07, 6.45) is 2.75. The minimum absolute atomic E-state index is 0.106. The van der Waals surface area contributed by atoms with E-state index in [-0.39, 0.29) is 18.1 Å². The van der Waals surface area contributed by atoms with Gasteiger partial charge in [-0.05, 0) is 54.1 Å². The number of hydrogen-bond donors (Lipinski definition) is 2. The molecule has 0 atom stereocenters. The minimum Gasteiger partial charge on any atom is -0.493 e. The van der Waals surface area contributed by atoms with E-state index in [9.17, 15) is 14.4 Å². The molecule has 0 unspecified atom stereocenters. The van der Waals surface area contributed by atoms with Crippen LogP contribution in [0.5, 0.6) is 11.5 Å². The number of nitrogens with one attached hydrogen (secondary N) is 2. The van der Waals surface area contributed by atoms with E-state index in [0.29, 0.717) is 16.9 Å². The van der Waals surface area contributed by atoms with E-state index in [2.05, 4.69) is 31.8 Å². The van der Waals surface area contributed by atoms with Gasteiger partial charge in [-0.2, -0.15) is 5.10 Å². The lowest BCUT2D eigenvalue weighted by molar-refractivity contribution is -0.120. The van der Waals surface area contributed by atoms with E-state index in [0.717, 1.165) is 4.47 Å². The third-order valence-corrected chi connectivity index (χ3v) is 4.50. The second-order valence-corrected chi connectivity index (χ2v) is 7.18. The third-order valence-electron chi connectivity index (χ3n) is 4.01. The molecule has 164 valence electrons. The van der Waals surface area contributed by atoms with Gasteiger partial charge < -0.3 is 19.2 Å². The van der Waals surface area contributed by atoms with Crippen molar-refractivity contribution in [3.63, 3.8) is 0 Å². The standard InChI is InChI=1S/C22H18BrN3O6/c1-30-19-10-14(7-8-17(19)32-22(29)15-4-2-5-16(23)11-15)12-25-26-20(27)13-24-21(28)18-6-3-9-31-18/h2-12H,13H2,1H3,(H,24,28)(H,26,27)/b25-12-. The summed E-state index contributed by atoms with van der Waals surface area (Å²) in [5.74, 6) is -0.905. The van der Waals surface area contributed by atoms with Crippen molar-refractivity contribution in [2.45, 2.75) is 0 Å². The Morgan fingerprint density at radius 3 is 2.66 bits per heavy atom. The van der Waals surface area contributed by atoms with Crippen molar-refractivity contribution in [1.82, 2.24) is 10.7 Å². The highest BCUT2D eigenvalue weighted by molar-refractivity contribution is 9.10. The number of carbonyl (C=O) groups is 3. The van der Waals surface area contributed by atoms with Gasteiger partial charge in [-0.15, -0.1) is 0 Å². The molecular weight excluding hydrogens is 482 g/mol. The topological polar surface area (TPSA) is 119 Å². The van der Waals surface area contributed by atoms with Crippen molar-refractivity contribution < 1.29 is 28.3 Å². The minimum atomic E-state index is -0.533. The maximum Gasteiger partial charge on any atom is 0.343 e. The summed E-state index contributed by atoms with van der Waals surface area (Å²) in [6, 6.07) is 14.7. The highest BCUT2D eigenvalue weighted by Gasteiger charge is 2.13. The molecule has 2 amide bonds. The van der Waals surface area contributed by atoms with Crippen LogP contribution < -0.4 is 20.2 Å². The monoisotopic (exact) mass is 499 g/mol. The average molecular weight is 500 g/mol. The normalized spacial score (nSPS) is 10.6. The zero-order valence-corrected chi connectivity index (χ0v) is 18.4. The molecule has 3 rings (SSSR count). The largest absolute Gasteiger partial charge is 0.493 e. The number of ether oxygens (including phenoxy) is 2. The van der Waals surface area contributed by atoms with Crippen LogP contribution >= 0.6 is 15.9 Å². The van der Waals surface area contributed by atoms with Gasteiger partial charge in [-0.3, -0.25) is 9.59 Å². The van der Waals surface area contributed by atoms with Crippen molar-refractivity contribution in [2.24, 2.45) is 5.10 Å². The van der Waals surface area contributed by atoms with Crippen LogP contribution in [0, 0.1) is 0 Å². The van der Waals surface area contributed by atoms with Crippen molar-refractivity contribution >= 4 is 39.9 Å². The number of benzene rings is 2. The molecule has 2 N–H and O–H groups in total. The number of rotatable bonds is 8. The Morgan fingerprint density at radius 2 is 1.94 bits per heavy atom. The van der Waals surface area contributed by atoms with E-state index >= 15 is 0 Å². The number of amides is 2. The number of carbonyl (C=O) groups excluding carboxylic acids is 3. The maximum absolute atomic E-state index is 12.3. The van der Waals surface area contributed by atoms with Gasteiger partial charge in [-0.1, -0.05) is 22.0 Å². The van der Waals surface area contributed by atoms with Crippen LogP contribution in [0.4, 0.5) is 0 Å². The quantitative estimate of drug-likeness (QED) is 0.212. The number of furan rings is 1. The van der Waals surface area contributed by atoms with Gasteiger partial charge in [0.25, 0.3) is 11.8 Å². The Balaban J connectivity index is 1.55. The molecule has 0 aliphatic rings. The summed E-state index contributed by atoms with van der Waals surface area (Å²) in [7, 11) is 1.44. The molecule has 1 heterocycles. The molecule has 0 aliphatic heterocycles. The molecule has 0 radical (unpaired) electrons. The fourth-order valence-electron chi connectivity index (χ4n) is 2.50. The van der Waals surface area contributed by atoms with Gasteiger partial charge in [0, 0.05) is 4.47 Å². The highest BCUT2D eigenvalue weighted by Crippen LogP contribution is 2.28. The summed E-state index contributed by atoms with van der Waals surface area (Å²) < 4.78 is 16.4. The summed E-state index contributed by atoms with van der Waals surface area (Å²) in [5.41, 5.74) is 3.27. The van der Waals surface area contributed by atoms with E-state index in [1.807, 2.05) is 0 Å². The second kappa shape index (κ2) is 10.9. The lowest BCUT2D eigenvalue weighted by Crippen LogP contribution is -2.34. The molecule has 0 aliphatic carbocycles. The molecule has 0 saturated carbocycles. The van der Waals surface area contributed by atoms with Crippen LogP contribution in [-0.2, 0) is 4.79 Å². The predicted molar refractivity (Wildman–Crippen MR) is 119 cm³/mol. The average Bonchev–Trinajstić information content (AvgIpc) is 3.33. The smallest absolute Gasteiger partial charge is 0.343 e. The SMILES string of the molecule is COc1cc(/C=N\NC(=O)CNC(=O)c2ccco2)ccc1OC(=O)c1cccc(Br)c1. The first-order valence-electron chi connectivity index (χ1n) is 9.25. The Kier molecular flexibility index (Phi) is 7.76. The molecule has 9 nitrogen and oxygen atoms in total. The Morgan fingerprint density at radius 1 is 1.09 bits per heavy atom. The van der Waals surface area contributed by atoms with Gasteiger partial charge in [0.1, 0.15) is 0 Å². The number of hydrogen-bond acceptors (Lipinski definition) is 7. The fraction of sp³-hybridized carbons (Fsp3) is 0.0909. The number of esters is 1. The van der Waals surface area contributed by atoms with E-state index in [4.69, 9.17) is 13.9 Å². The second-order valence-electron chi connectivity index (χ2n) is 6.26. The molecule has 0 saturated heterocycles. The molecule has 0 spiro atoms. The van der Waals surface area contributed by atoms with Gasteiger partial charge in [0.05, 0.1) is 31.7 Å². The summed E-state index contributed by atoms with van der Waals surface area (Å²) in [5, 5.41) is 6.24.